The lowest BCUT2D eigenvalue weighted by Crippen LogP contribution is -2.23. The number of nitrogens with one attached hydrogen (secondary N) is 1. The Labute approximate surface area is 200 Å². The van der Waals surface area contributed by atoms with Gasteiger partial charge in [-0.25, -0.2) is 8.42 Å². The molecule has 2 aromatic rings. The van der Waals surface area contributed by atoms with Gasteiger partial charge in [0.2, 0.25) is 0 Å². The Balaban J connectivity index is 2.55. The average molecular weight is 524 g/mol. The number of phenolic OH excluding ortho intramolecular Hbond substituents is 1. The molecule has 2 aromatic carbocycles. The molecule has 1 amide bonds. The molecule has 0 fully saturated rings. The van der Waals surface area contributed by atoms with E-state index in [9.17, 15) is 31.5 Å². The number of anilines is 1. The van der Waals surface area contributed by atoms with E-state index in [1.165, 1.54) is 11.8 Å². The third-order valence-corrected chi connectivity index (χ3v) is 7.66. The summed E-state index contributed by atoms with van der Waals surface area (Å²) in [7, 11) is -5.59. The molecular weight excluding hydrogens is 499 g/mol. The predicted octanol–water partition coefficient (Wildman–Crippen LogP) is 6.70. The van der Waals surface area contributed by atoms with Crippen LogP contribution in [0.3, 0.4) is 0 Å². The van der Waals surface area contributed by atoms with Crippen molar-refractivity contribution in [3.05, 3.63) is 46.0 Å². The summed E-state index contributed by atoms with van der Waals surface area (Å²) >= 11 is 7.51. The van der Waals surface area contributed by atoms with Gasteiger partial charge in [0.15, 0.2) is 0 Å². The highest BCUT2D eigenvalue weighted by Crippen LogP contribution is 2.41. The second-order valence-corrected chi connectivity index (χ2v) is 12.7. The van der Waals surface area contributed by atoms with E-state index in [1.807, 2.05) is 40.7 Å². The number of hydrogen-bond donors (Lipinski definition) is 2. The molecule has 0 aromatic heterocycles. The summed E-state index contributed by atoms with van der Waals surface area (Å²) in [5.74, 6) is -0.937. The molecule has 2 N–H and O–H groups in total. The summed E-state index contributed by atoms with van der Waals surface area (Å²) in [6.07, 6.45) is 0. The van der Waals surface area contributed by atoms with Crippen LogP contribution in [0.5, 0.6) is 5.75 Å². The molecule has 0 heterocycles. The van der Waals surface area contributed by atoms with Crippen LogP contribution in [-0.2, 0) is 15.3 Å². The van der Waals surface area contributed by atoms with Crippen molar-refractivity contribution in [3.8, 4) is 5.75 Å². The summed E-state index contributed by atoms with van der Waals surface area (Å²) in [5.41, 5.74) is -4.97. The lowest BCUT2D eigenvalue weighted by atomic mass is 9.84. The van der Waals surface area contributed by atoms with Crippen molar-refractivity contribution in [2.45, 2.75) is 67.5 Å². The zero-order valence-electron chi connectivity index (χ0n) is 18.9. The minimum absolute atomic E-state index is 0.00799. The van der Waals surface area contributed by atoms with Crippen LogP contribution in [0.25, 0.3) is 0 Å². The van der Waals surface area contributed by atoms with Crippen LogP contribution in [0.2, 0.25) is 5.02 Å². The van der Waals surface area contributed by atoms with E-state index in [1.54, 1.807) is 6.92 Å². The lowest BCUT2D eigenvalue weighted by Gasteiger charge is -2.25. The minimum atomic E-state index is -5.59. The van der Waals surface area contributed by atoms with Gasteiger partial charge in [0.1, 0.15) is 5.75 Å². The Morgan fingerprint density at radius 3 is 2.18 bits per heavy atom. The topological polar surface area (TPSA) is 83.5 Å². The van der Waals surface area contributed by atoms with Gasteiger partial charge >= 0.3 is 5.51 Å². The van der Waals surface area contributed by atoms with E-state index < -0.39 is 36.6 Å². The quantitative estimate of drug-likeness (QED) is 0.426. The number of hydrogen-bond acceptors (Lipinski definition) is 5. The van der Waals surface area contributed by atoms with Gasteiger partial charge in [-0.2, -0.15) is 13.2 Å². The molecule has 0 aliphatic rings. The summed E-state index contributed by atoms with van der Waals surface area (Å²) < 4.78 is 61.6. The van der Waals surface area contributed by atoms with Gasteiger partial charge < -0.3 is 10.4 Å². The van der Waals surface area contributed by atoms with Crippen molar-refractivity contribution >= 4 is 44.8 Å². The van der Waals surface area contributed by atoms with E-state index in [4.69, 9.17) is 11.6 Å². The summed E-state index contributed by atoms with van der Waals surface area (Å²) in [6.45, 7) is 11.3. The summed E-state index contributed by atoms with van der Waals surface area (Å²) in [6, 6.07) is 4.15. The molecule has 0 aliphatic heterocycles. The molecule has 182 valence electrons. The van der Waals surface area contributed by atoms with Gasteiger partial charge in [0, 0.05) is 15.7 Å². The monoisotopic (exact) mass is 523 g/mol. The highest BCUT2D eigenvalue weighted by atomic mass is 35.5. The molecule has 0 spiro atoms. The fourth-order valence-corrected chi connectivity index (χ4v) is 5.10. The van der Waals surface area contributed by atoms with Crippen LogP contribution in [0.15, 0.2) is 34.1 Å². The van der Waals surface area contributed by atoms with Crippen molar-refractivity contribution in [2.24, 2.45) is 0 Å². The van der Waals surface area contributed by atoms with Gasteiger partial charge in [0.25, 0.3) is 15.7 Å². The SMILES string of the molecule is Cc1c(SC(C)C)cc(C(C)(C)C)c(O)c1C(=O)Nc1ccc(S(=O)(=O)C(F)(F)F)cc1Cl. The number of phenols is 1. The predicted molar refractivity (Wildman–Crippen MR) is 125 cm³/mol. The lowest BCUT2D eigenvalue weighted by molar-refractivity contribution is -0.0436. The first-order valence-corrected chi connectivity index (χ1v) is 12.6. The average Bonchev–Trinajstić information content (AvgIpc) is 2.63. The van der Waals surface area contributed by atoms with Crippen molar-refractivity contribution in [1.29, 1.82) is 0 Å². The van der Waals surface area contributed by atoms with Crippen LogP contribution in [0.1, 0.15) is 56.1 Å². The number of thioether (sulfide) groups is 1. The van der Waals surface area contributed by atoms with E-state index in [0.717, 1.165) is 11.0 Å². The van der Waals surface area contributed by atoms with Crippen LogP contribution in [0, 0.1) is 6.92 Å². The largest absolute Gasteiger partial charge is 0.507 e. The van der Waals surface area contributed by atoms with E-state index >= 15 is 0 Å². The third kappa shape index (κ3) is 5.78. The third-order valence-electron chi connectivity index (χ3n) is 4.71. The van der Waals surface area contributed by atoms with Crippen LogP contribution >= 0.6 is 23.4 Å². The number of alkyl halides is 3. The molecule has 5 nitrogen and oxygen atoms in total. The van der Waals surface area contributed by atoms with E-state index in [2.05, 4.69) is 5.32 Å². The van der Waals surface area contributed by atoms with Crippen LogP contribution < -0.4 is 5.32 Å². The first-order valence-electron chi connectivity index (χ1n) is 9.84. The van der Waals surface area contributed by atoms with Gasteiger partial charge in [-0.05, 0) is 42.2 Å². The molecule has 0 aliphatic carbocycles. The Hall–Kier alpha value is -1.91. The molecule has 2 rings (SSSR count). The number of sulfone groups is 1. The van der Waals surface area contributed by atoms with Crippen LogP contribution in [-0.4, -0.2) is 30.2 Å². The van der Waals surface area contributed by atoms with Crippen molar-refractivity contribution in [3.63, 3.8) is 0 Å². The summed E-state index contributed by atoms with van der Waals surface area (Å²) in [5, 5.41) is 13.2. The maximum absolute atomic E-state index is 13.1. The Kier molecular flexibility index (Phi) is 7.77. The molecule has 0 radical (unpaired) electrons. The van der Waals surface area contributed by atoms with E-state index in [-0.39, 0.29) is 22.3 Å². The first-order chi connectivity index (χ1) is 14.9. The molecule has 0 saturated heterocycles. The number of rotatable bonds is 5. The standard InChI is InChI=1S/C22H25ClF3NO4S2/c1-11(2)32-17-10-14(21(4,5)6)19(28)18(12(17)3)20(29)27-16-8-7-13(9-15(16)23)33(30,31)22(24,25)26/h7-11,28H,1-6H3,(H,27,29). The summed E-state index contributed by atoms with van der Waals surface area (Å²) in [4.78, 5) is 12.9. The number of carbonyl (C=O) groups excluding carboxylic acids is 1. The Morgan fingerprint density at radius 2 is 1.73 bits per heavy atom. The molecule has 11 heteroatoms. The number of aromatic hydroxyl groups is 1. The molecule has 0 unspecified atom stereocenters. The highest BCUT2D eigenvalue weighted by Gasteiger charge is 2.47. The molecule has 0 saturated carbocycles. The number of benzene rings is 2. The second-order valence-electron chi connectivity index (χ2n) is 8.73. The van der Waals surface area contributed by atoms with Gasteiger partial charge in [-0.15, -0.1) is 11.8 Å². The zero-order valence-corrected chi connectivity index (χ0v) is 21.3. The van der Waals surface area contributed by atoms with Gasteiger partial charge in [-0.3, -0.25) is 4.79 Å². The van der Waals surface area contributed by atoms with Crippen molar-refractivity contribution in [2.75, 3.05) is 5.32 Å². The Bertz CT molecular complexity index is 1190. The maximum atomic E-state index is 13.1. The molecule has 0 atom stereocenters. The zero-order chi connectivity index (χ0) is 25.5. The van der Waals surface area contributed by atoms with Crippen molar-refractivity contribution < 1.29 is 31.5 Å². The van der Waals surface area contributed by atoms with Gasteiger partial charge in [-0.1, -0.05) is 46.2 Å². The van der Waals surface area contributed by atoms with Crippen molar-refractivity contribution in [1.82, 2.24) is 0 Å². The number of halogens is 4. The first kappa shape index (κ1) is 27.3. The second kappa shape index (κ2) is 9.38. The number of amides is 1. The van der Waals surface area contributed by atoms with Gasteiger partial charge in [0.05, 0.1) is 21.2 Å². The smallest absolute Gasteiger partial charge is 0.501 e. The van der Waals surface area contributed by atoms with E-state index in [0.29, 0.717) is 23.3 Å². The molecule has 33 heavy (non-hydrogen) atoms. The maximum Gasteiger partial charge on any atom is 0.501 e. The molecular formula is C22H25ClF3NO4S2. The minimum Gasteiger partial charge on any atom is -0.507 e. The van der Waals surface area contributed by atoms with Crippen LogP contribution in [0.4, 0.5) is 18.9 Å². The fourth-order valence-electron chi connectivity index (χ4n) is 3.05. The normalized spacial score (nSPS) is 12.8. The highest BCUT2D eigenvalue weighted by molar-refractivity contribution is 8.00. The number of carbonyl (C=O) groups is 1. The Morgan fingerprint density at radius 1 is 1.15 bits per heavy atom. The fraction of sp³-hybridized carbons (Fsp3) is 0.409. The molecule has 0 bridgehead atoms.